The molecule has 1 aliphatic rings. The number of piperidine rings is 1. The van der Waals surface area contributed by atoms with Crippen molar-refractivity contribution in [2.45, 2.75) is 33.1 Å². The van der Waals surface area contributed by atoms with Crippen LogP contribution < -0.4 is 0 Å². The molecule has 0 amide bonds. The topological polar surface area (TPSA) is 40.5 Å². The van der Waals surface area contributed by atoms with Gasteiger partial charge >= 0.3 is 5.97 Å². The van der Waals surface area contributed by atoms with Crippen molar-refractivity contribution in [1.82, 2.24) is 4.90 Å². The number of likely N-dealkylation sites (tertiary alicyclic amines) is 1. The summed E-state index contributed by atoms with van der Waals surface area (Å²) >= 11 is 0. The average Bonchev–Trinajstić information content (AvgIpc) is 2.17. The van der Waals surface area contributed by atoms with E-state index in [0.717, 1.165) is 38.9 Å². The Kier molecular flexibility index (Phi) is 3.31. The lowest BCUT2D eigenvalue weighted by Crippen LogP contribution is -2.47. The van der Waals surface area contributed by atoms with Crippen molar-refractivity contribution in [1.29, 1.82) is 0 Å². The Morgan fingerprint density at radius 2 is 2.23 bits per heavy atom. The van der Waals surface area contributed by atoms with Crippen LogP contribution in [0.2, 0.25) is 0 Å². The molecule has 1 aliphatic heterocycles. The molecule has 0 bridgehead atoms. The standard InChI is InChI=1S/C10H19NO2/c1-3-10(9(12)13)6-5-7-11(4-2)8-10/h3-8H2,1-2H3,(H,12,13). The van der Waals surface area contributed by atoms with E-state index in [9.17, 15) is 9.90 Å². The van der Waals surface area contributed by atoms with Crippen molar-refractivity contribution in [3.05, 3.63) is 0 Å². The molecule has 0 radical (unpaired) electrons. The summed E-state index contributed by atoms with van der Waals surface area (Å²) in [4.78, 5) is 13.4. The fourth-order valence-electron chi connectivity index (χ4n) is 2.11. The second-order valence-electron chi connectivity index (χ2n) is 3.91. The number of rotatable bonds is 3. The summed E-state index contributed by atoms with van der Waals surface area (Å²) in [7, 11) is 0. The predicted octanol–water partition coefficient (Wildman–Crippen LogP) is 1.58. The summed E-state index contributed by atoms with van der Waals surface area (Å²) in [6.07, 6.45) is 2.61. The van der Waals surface area contributed by atoms with Crippen molar-refractivity contribution in [3.63, 3.8) is 0 Å². The summed E-state index contributed by atoms with van der Waals surface area (Å²) < 4.78 is 0. The fraction of sp³-hybridized carbons (Fsp3) is 0.900. The SMILES string of the molecule is CCN1CCCC(CC)(C(=O)O)C1. The van der Waals surface area contributed by atoms with Gasteiger partial charge in [0.25, 0.3) is 0 Å². The third kappa shape index (κ3) is 2.02. The van der Waals surface area contributed by atoms with Crippen LogP contribution in [-0.4, -0.2) is 35.6 Å². The molecule has 13 heavy (non-hydrogen) atoms. The van der Waals surface area contributed by atoms with Crippen molar-refractivity contribution in [2.75, 3.05) is 19.6 Å². The number of carboxylic acid groups (broad SMARTS) is 1. The van der Waals surface area contributed by atoms with E-state index < -0.39 is 11.4 Å². The van der Waals surface area contributed by atoms with Crippen LogP contribution in [0.25, 0.3) is 0 Å². The van der Waals surface area contributed by atoms with Crippen LogP contribution in [-0.2, 0) is 4.79 Å². The maximum atomic E-state index is 11.1. The highest BCUT2D eigenvalue weighted by Crippen LogP contribution is 2.33. The van der Waals surface area contributed by atoms with Gasteiger partial charge in [-0.1, -0.05) is 13.8 Å². The third-order valence-corrected chi connectivity index (χ3v) is 3.23. The molecule has 0 aromatic carbocycles. The number of aliphatic carboxylic acids is 1. The van der Waals surface area contributed by atoms with Gasteiger partial charge in [-0.25, -0.2) is 0 Å². The molecule has 0 aromatic rings. The van der Waals surface area contributed by atoms with Gasteiger partial charge in [-0.05, 0) is 32.4 Å². The first kappa shape index (κ1) is 10.5. The molecule has 1 fully saturated rings. The molecule has 1 unspecified atom stereocenters. The maximum absolute atomic E-state index is 11.1. The summed E-state index contributed by atoms with van der Waals surface area (Å²) in [6, 6.07) is 0. The highest BCUT2D eigenvalue weighted by molar-refractivity contribution is 5.75. The average molecular weight is 185 g/mol. The Balaban J connectivity index is 2.69. The highest BCUT2D eigenvalue weighted by Gasteiger charge is 2.40. The van der Waals surface area contributed by atoms with Crippen LogP contribution in [0.3, 0.4) is 0 Å². The molecule has 0 aliphatic carbocycles. The van der Waals surface area contributed by atoms with Gasteiger partial charge in [0.15, 0.2) is 0 Å². The molecule has 1 atom stereocenters. The molecule has 0 spiro atoms. The Morgan fingerprint density at radius 1 is 1.54 bits per heavy atom. The zero-order valence-corrected chi connectivity index (χ0v) is 8.55. The second kappa shape index (κ2) is 4.09. The number of carbonyl (C=O) groups is 1. The van der Waals surface area contributed by atoms with Crippen LogP contribution in [0.1, 0.15) is 33.1 Å². The summed E-state index contributed by atoms with van der Waals surface area (Å²) in [6.45, 7) is 6.83. The van der Waals surface area contributed by atoms with Crippen molar-refractivity contribution >= 4 is 5.97 Å². The zero-order valence-electron chi connectivity index (χ0n) is 8.55. The number of nitrogens with zero attached hydrogens (tertiary/aromatic N) is 1. The molecule has 1 rings (SSSR count). The minimum absolute atomic E-state index is 0.464. The fourth-order valence-corrected chi connectivity index (χ4v) is 2.11. The van der Waals surface area contributed by atoms with E-state index in [1.807, 2.05) is 6.92 Å². The van der Waals surface area contributed by atoms with E-state index in [0.29, 0.717) is 0 Å². The highest BCUT2D eigenvalue weighted by atomic mass is 16.4. The molecule has 3 nitrogen and oxygen atoms in total. The molecule has 0 aromatic heterocycles. The second-order valence-corrected chi connectivity index (χ2v) is 3.91. The van der Waals surface area contributed by atoms with Gasteiger partial charge in [0, 0.05) is 6.54 Å². The molecule has 1 saturated heterocycles. The molecule has 1 N–H and O–H groups in total. The molecule has 1 heterocycles. The van der Waals surface area contributed by atoms with E-state index in [1.165, 1.54) is 0 Å². The van der Waals surface area contributed by atoms with Gasteiger partial charge in [-0.15, -0.1) is 0 Å². The van der Waals surface area contributed by atoms with E-state index in [2.05, 4.69) is 11.8 Å². The normalized spacial score (nSPS) is 30.3. The summed E-state index contributed by atoms with van der Waals surface area (Å²) in [5.41, 5.74) is -0.464. The Morgan fingerprint density at radius 3 is 2.69 bits per heavy atom. The van der Waals surface area contributed by atoms with Crippen molar-refractivity contribution in [2.24, 2.45) is 5.41 Å². The van der Waals surface area contributed by atoms with Gasteiger partial charge in [0.1, 0.15) is 0 Å². The molecular formula is C10H19NO2. The lowest BCUT2D eigenvalue weighted by Gasteiger charge is -2.38. The minimum atomic E-state index is -0.617. The van der Waals surface area contributed by atoms with E-state index in [-0.39, 0.29) is 0 Å². The largest absolute Gasteiger partial charge is 0.481 e. The van der Waals surface area contributed by atoms with Gasteiger partial charge in [0.05, 0.1) is 5.41 Å². The van der Waals surface area contributed by atoms with Crippen LogP contribution >= 0.6 is 0 Å². The van der Waals surface area contributed by atoms with Gasteiger partial charge in [0.2, 0.25) is 0 Å². The van der Waals surface area contributed by atoms with Crippen LogP contribution in [0, 0.1) is 5.41 Å². The number of carboxylic acids is 1. The van der Waals surface area contributed by atoms with E-state index in [4.69, 9.17) is 0 Å². The third-order valence-electron chi connectivity index (χ3n) is 3.23. The van der Waals surface area contributed by atoms with Gasteiger partial charge < -0.3 is 10.0 Å². The van der Waals surface area contributed by atoms with Gasteiger partial charge in [-0.3, -0.25) is 4.79 Å². The quantitative estimate of drug-likeness (QED) is 0.725. The number of hydrogen-bond acceptors (Lipinski definition) is 2. The molecule has 76 valence electrons. The summed E-state index contributed by atoms with van der Waals surface area (Å²) in [5.74, 6) is -0.617. The monoisotopic (exact) mass is 185 g/mol. The number of hydrogen-bond donors (Lipinski definition) is 1. The Labute approximate surface area is 79.7 Å². The van der Waals surface area contributed by atoms with Crippen LogP contribution in [0.4, 0.5) is 0 Å². The zero-order chi connectivity index (χ0) is 9.90. The van der Waals surface area contributed by atoms with Crippen LogP contribution in [0.5, 0.6) is 0 Å². The first-order valence-electron chi connectivity index (χ1n) is 5.10. The van der Waals surface area contributed by atoms with Crippen LogP contribution in [0.15, 0.2) is 0 Å². The molecule has 0 saturated carbocycles. The van der Waals surface area contributed by atoms with Gasteiger partial charge in [-0.2, -0.15) is 0 Å². The Hall–Kier alpha value is -0.570. The van der Waals surface area contributed by atoms with Crippen molar-refractivity contribution < 1.29 is 9.90 Å². The Bertz CT molecular complexity index is 193. The van der Waals surface area contributed by atoms with Crippen molar-refractivity contribution in [3.8, 4) is 0 Å². The predicted molar refractivity (Wildman–Crippen MR) is 51.7 cm³/mol. The maximum Gasteiger partial charge on any atom is 0.310 e. The lowest BCUT2D eigenvalue weighted by molar-refractivity contribution is -0.152. The first-order chi connectivity index (χ1) is 6.14. The lowest BCUT2D eigenvalue weighted by atomic mass is 9.78. The molecular weight excluding hydrogens is 166 g/mol. The first-order valence-corrected chi connectivity index (χ1v) is 5.10. The van der Waals surface area contributed by atoms with E-state index >= 15 is 0 Å². The smallest absolute Gasteiger partial charge is 0.310 e. The minimum Gasteiger partial charge on any atom is -0.481 e. The molecule has 3 heteroatoms. The summed E-state index contributed by atoms with van der Waals surface area (Å²) in [5, 5.41) is 9.18. The van der Waals surface area contributed by atoms with E-state index in [1.54, 1.807) is 0 Å².